The number of para-hydroxylation sites is 1. The highest BCUT2D eigenvalue weighted by Crippen LogP contribution is 2.21. The van der Waals surface area contributed by atoms with Crippen molar-refractivity contribution in [1.29, 1.82) is 0 Å². The van der Waals surface area contributed by atoms with Crippen LogP contribution in [-0.4, -0.2) is 39.0 Å². The summed E-state index contributed by atoms with van der Waals surface area (Å²) < 4.78 is 7.62. The molecule has 2 rings (SSSR count). The van der Waals surface area contributed by atoms with Crippen LogP contribution in [0.3, 0.4) is 0 Å². The van der Waals surface area contributed by atoms with Crippen LogP contribution in [0.25, 0.3) is 0 Å². The van der Waals surface area contributed by atoms with E-state index in [-0.39, 0.29) is 6.10 Å². The molecule has 0 spiro atoms. The number of aliphatic hydroxyl groups excluding tert-OH is 1. The molecule has 0 aliphatic rings. The number of aryl methyl sites for hydroxylation is 2. The third-order valence-electron chi connectivity index (χ3n) is 3.83. The molecule has 0 bridgehead atoms. The molecule has 0 aliphatic carbocycles. The Morgan fingerprint density at radius 2 is 2.04 bits per heavy atom. The van der Waals surface area contributed by atoms with E-state index in [1.165, 1.54) is 11.3 Å². The average molecular weight is 317 g/mol. The Kier molecular flexibility index (Phi) is 6.19. The minimum atomic E-state index is -0.386. The van der Waals surface area contributed by atoms with Crippen LogP contribution in [0, 0.1) is 6.92 Å². The molecule has 1 aromatic carbocycles. The number of aromatic nitrogens is 2. The first kappa shape index (κ1) is 17.5. The molecule has 1 N–H and O–H groups in total. The van der Waals surface area contributed by atoms with E-state index in [9.17, 15) is 5.11 Å². The fraction of sp³-hybridized carbons (Fsp3) is 0.500. The van der Waals surface area contributed by atoms with Gasteiger partial charge in [-0.1, -0.05) is 18.2 Å². The van der Waals surface area contributed by atoms with E-state index in [0.717, 1.165) is 24.4 Å². The second kappa shape index (κ2) is 8.13. The summed E-state index contributed by atoms with van der Waals surface area (Å²) in [6.45, 7) is 8.59. The second-order valence-corrected chi connectivity index (χ2v) is 5.96. The molecule has 5 heteroatoms. The Bertz CT molecular complexity index is 603. The molecule has 0 amide bonds. The molecule has 126 valence electrons. The van der Waals surface area contributed by atoms with E-state index in [4.69, 9.17) is 4.74 Å². The Morgan fingerprint density at radius 3 is 2.65 bits per heavy atom. The summed E-state index contributed by atoms with van der Waals surface area (Å²) in [6.07, 6.45) is 1.49. The minimum Gasteiger partial charge on any atom is -0.494 e. The lowest BCUT2D eigenvalue weighted by Crippen LogP contribution is -2.31. The maximum Gasteiger partial charge on any atom is 0.123 e. The lowest BCUT2D eigenvalue weighted by Gasteiger charge is -2.25. The molecular weight excluding hydrogens is 290 g/mol. The van der Waals surface area contributed by atoms with E-state index < -0.39 is 0 Å². The molecule has 1 unspecified atom stereocenters. The minimum absolute atomic E-state index is 0.386. The number of hydrogen-bond acceptors (Lipinski definition) is 4. The second-order valence-electron chi connectivity index (χ2n) is 5.96. The van der Waals surface area contributed by atoms with Crippen molar-refractivity contribution < 1.29 is 9.84 Å². The summed E-state index contributed by atoms with van der Waals surface area (Å²) in [4.78, 5) is 2.23. The van der Waals surface area contributed by atoms with Crippen molar-refractivity contribution in [3.05, 3.63) is 47.3 Å². The van der Waals surface area contributed by atoms with Crippen LogP contribution >= 0.6 is 0 Å². The molecular formula is C18H27N3O2. The molecule has 5 nitrogen and oxygen atoms in total. The average Bonchev–Trinajstić information content (AvgIpc) is 2.81. The predicted molar refractivity (Wildman–Crippen MR) is 91.4 cm³/mol. The van der Waals surface area contributed by atoms with Gasteiger partial charge in [-0.15, -0.1) is 0 Å². The smallest absolute Gasteiger partial charge is 0.123 e. The van der Waals surface area contributed by atoms with Gasteiger partial charge in [0.1, 0.15) is 5.75 Å². The topological polar surface area (TPSA) is 50.5 Å². The van der Waals surface area contributed by atoms with Crippen molar-refractivity contribution in [1.82, 2.24) is 14.7 Å². The Balaban J connectivity index is 2.19. The fourth-order valence-corrected chi connectivity index (χ4v) is 2.74. The number of hydrogen-bond donors (Lipinski definition) is 1. The van der Waals surface area contributed by atoms with Gasteiger partial charge in [-0.05, 0) is 32.4 Å². The van der Waals surface area contributed by atoms with Crippen molar-refractivity contribution in [3.8, 4) is 5.75 Å². The summed E-state index contributed by atoms with van der Waals surface area (Å²) in [5.74, 6) is 0.910. The van der Waals surface area contributed by atoms with Crippen LogP contribution in [0.4, 0.5) is 0 Å². The highest BCUT2D eigenvalue weighted by atomic mass is 16.5. The van der Waals surface area contributed by atoms with Gasteiger partial charge < -0.3 is 9.84 Å². The van der Waals surface area contributed by atoms with Crippen LogP contribution in [0.1, 0.15) is 30.7 Å². The number of rotatable bonds is 8. The van der Waals surface area contributed by atoms with Gasteiger partial charge in [0.25, 0.3) is 0 Å². The van der Waals surface area contributed by atoms with Crippen molar-refractivity contribution >= 4 is 0 Å². The zero-order chi connectivity index (χ0) is 16.8. The van der Waals surface area contributed by atoms with Gasteiger partial charge in [0, 0.05) is 32.2 Å². The van der Waals surface area contributed by atoms with Crippen LogP contribution in [-0.2, 0) is 20.1 Å². The molecule has 23 heavy (non-hydrogen) atoms. The third kappa shape index (κ3) is 4.81. The molecule has 0 fully saturated rings. The first-order valence-corrected chi connectivity index (χ1v) is 8.09. The fourth-order valence-electron chi connectivity index (χ4n) is 2.74. The van der Waals surface area contributed by atoms with Crippen LogP contribution in [0.5, 0.6) is 5.75 Å². The van der Waals surface area contributed by atoms with Crippen molar-refractivity contribution in [2.45, 2.75) is 40.0 Å². The van der Waals surface area contributed by atoms with Crippen LogP contribution in [0.2, 0.25) is 0 Å². The van der Waals surface area contributed by atoms with Gasteiger partial charge in [-0.3, -0.25) is 9.58 Å². The number of ether oxygens (including phenoxy) is 1. The van der Waals surface area contributed by atoms with Crippen LogP contribution < -0.4 is 4.74 Å². The van der Waals surface area contributed by atoms with E-state index in [2.05, 4.69) is 23.0 Å². The van der Waals surface area contributed by atoms with Crippen molar-refractivity contribution in [2.24, 2.45) is 7.05 Å². The Labute approximate surface area is 138 Å². The van der Waals surface area contributed by atoms with Gasteiger partial charge in [-0.2, -0.15) is 5.10 Å². The van der Waals surface area contributed by atoms with E-state index >= 15 is 0 Å². The van der Waals surface area contributed by atoms with Gasteiger partial charge in [0.05, 0.1) is 24.6 Å². The summed E-state index contributed by atoms with van der Waals surface area (Å²) in [5.41, 5.74) is 3.47. The van der Waals surface area contributed by atoms with E-state index in [1.807, 2.05) is 50.0 Å². The lowest BCUT2D eigenvalue weighted by molar-refractivity contribution is 0.115. The SMILES string of the molecule is CCOc1ccccc1CN(Cc1c(C)cnn1C)CC(C)O. The standard InChI is InChI=1S/C18H27N3O2/c1-5-23-18-9-7-6-8-16(18)12-21(11-15(3)22)13-17-14(2)10-19-20(17)4/h6-10,15,22H,5,11-13H2,1-4H3. The number of aliphatic hydroxyl groups is 1. The molecule has 1 aromatic heterocycles. The normalized spacial score (nSPS) is 12.6. The maximum absolute atomic E-state index is 9.85. The Hall–Kier alpha value is -1.85. The monoisotopic (exact) mass is 317 g/mol. The van der Waals surface area contributed by atoms with E-state index in [1.54, 1.807) is 0 Å². The van der Waals surface area contributed by atoms with Gasteiger partial charge in [0.15, 0.2) is 0 Å². The van der Waals surface area contributed by atoms with E-state index in [0.29, 0.717) is 13.2 Å². The maximum atomic E-state index is 9.85. The highest BCUT2D eigenvalue weighted by Gasteiger charge is 2.15. The Morgan fingerprint density at radius 1 is 1.30 bits per heavy atom. The van der Waals surface area contributed by atoms with Crippen molar-refractivity contribution in [3.63, 3.8) is 0 Å². The summed E-state index contributed by atoms with van der Waals surface area (Å²) >= 11 is 0. The third-order valence-corrected chi connectivity index (χ3v) is 3.83. The molecule has 0 aliphatic heterocycles. The number of benzene rings is 1. The molecule has 0 saturated carbocycles. The highest BCUT2D eigenvalue weighted by molar-refractivity contribution is 5.33. The number of nitrogens with zero attached hydrogens (tertiary/aromatic N) is 3. The largest absolute Gasteiger partial charge is 0.494 e. The quantitative estimate of drug-likeness (QED) is 0.813. The molecule has 0 radical (unpaired) electrons. The summed E-state index contributed by atoms with van der Waals surface area (Å²) in [5, 5.41) is 14.2. The van der Waals surface area contributed by atoms with Gasteiger partial charge >= 0.3 is 0 Å². The van der Waals surface area contributed by atoms with Crippen molar-refractivity contribution in [2.75, 3.05) is 13.2 Å². The zero-order valence-electron chi connectivity index (χ0n) is 14.5. The lowest BCUT2D eigenvalue weighted by atomic mass is 10.1. The molecule has 0 saturated heterocycles. The summed E-state index contributed by atoms with van der Waals surface area (Å²) in [7, 11) is 1.96. The van der Waals surface area contributed by atoms with Gasteiger partial charge in [-0.25, -0.2) is 0 Å². The van der Waals surface area contributed by atoms with Crippen LogP contribution in [0.15, 0.2) is 30.5 Å². The summed E-state index contributed by atoms with van der Waals surface area (Å²) in [6, 6.07) is 8.08. The predicted octanol–water partition coefficient (Wildman–Crippen LogP) is 2.51. The molecule has 1 heterocycles. The molecule has 1 atom stereocenters. The van der Waals surface area contributed by atoms with Gasteiger partial charge in [0.2, 0.25) is 0 Å². The zero-order valence-corrected chi connectivity index (χ0v) is 14.5. The molecule has 2 aromatic rings. The first-order chi connectivity index (χ1) is 11.0. The first-order valence-electron chi connectivity index (χ1n) is 8.09.